The van der Waals surface area contributed by atoms with Gasteiger partial charge in [0.2, 0.25) is 21.8 Å². The van der Waals surface area contributed by atoms with Gasteiger partial charge in [-0.1, -0.05) is 79.7 Å². The number of hydrogen-bond acceptors (Lipinski definition) is 4. The van der Waals surface area contributed by atoms with E-state index in [0.29, 0.717) is 24.4 Å². The minimum atomic E-state index is -3.67. The molecule has 0 radical (unpaired) electrons. The molecule has 1 N–H and O–H groups in total. The van der Waals surface area contributed by atoms with E-state index in [1.165, 1.54) is 16.8 Å². The van der Waals surface area contributed by atoms with Crippen LogP contribution in [-0.4, -0.2) is 56.6 Å². The second-order valence-electron chi connectivity index (χ2n) is 10.1. The molecule has 1 fully saturated rings. The van der Waals surface area contributed by atoms with Crippen molar-refractivity contribution in [1.29, 1.82) is 0 Å². The average molecular weight is 597 g/mol. The standard InChI is InChI=1S/C29H39Cl2N3O4S/c1-3-26(29(36)32-24-13-8-5-9-14-24)33(20-18-22-11-6-4-7-12-22)28(35)15-10-19-34(39(2,37)38)27-21-23(30)16-17-25(27)31/h4,6-7,11-12,16-17,21,24,26H,3,5,8-10,13-15,18-20H2,1-2H3,(H,32,36)/t26-/m1/s1. The first-order chi connectivity index (χ1) is 18.6. The van der Waals surface area contributed by atoms with E-state index in [2.05, 4.69) is 5.32 Å². The zero-order valence-electron chi connectivity index (χ0n) is 22.7. The molecule has 0 aromatic heterocycles. The molecule has 3 rings (SSSR count). The van der Waals surface area contributed by atoms with Gasteiger partial charge in [0.1, 0.15) is 6.04 Å². The lowest BCUT2D eigenvalue weighted by Gasteiger charge is -2.33. The van der Waals surface area contributed by atoms with Crippen LogP contribution in [0.1, 0.15) is 63.9 Å². The SMILES string of the molecule is CC[C@H](C(=O)NC1CCCCC1)N(CCc1ccccc1)C(=O)CCCN(c1cc(Cl)ccc1Cl)S(C)(=O)=O. The van der Waals surface area contributed by atoms with Gasteiger partial charge < -0.3 is 10.2 Å². The number of nitrogens with zero attached hydrogens (tertiary/aromatic N) is 2. The summed E-state index contributed by atoms with van der Waals surface area (Å²) in [5.41, 5.74) is 1.36. The number of nitrogens with one attached hydrogen (secondary N) is 1. The number of rotatable bonds is 13. The lowest BCUT2D eigenvalue weighted by molar-refractivity contribution is -0.141. The zero-order valence-corrected chi connectivity index (χ0v) is 25.1. The maximum Gasteiger partial charge on any atom is 0.243 e. The predicted molar refractivity (Wildman–Crippen MR) is 159 cm³/mol. The van der Waals surface area contributed by atoms with E-state index < -0.39 is 16.1 Å². The van der Waals surface area contributed by atoms with Crippen LogP contribution in [0.2, 0.25) is 10.0 Å². The fourth-order valence-corrected chi connectivity index (χ4v) is 6.50. The maximum atomic E-state index is 13.6. The first kappa shape index (κ1) is 31.2. The third-order valence-electron chi connectivity index (χ3n) is 7.15. The minimum Gasteiger partial charge on any atom is -0.352 e. The van der Waals surface area contributed by atoms with E-state index in [1.807, 2.05) is 37.3 Å². The molecular weight excluding hydrogens is 557 g/mol. The van der Waals surface area contributed by atoms with Crippen LogP contribution in [0.4, 0.5) is 5.69 Å². The van der Waals surface area contributed by atoms with Crippen LogP contribution in [0.15, 0.2) is 48.5 Å². The van der Waals surface area contributed by atoms with Gasteiger partial charge in [-0.05, 0) is 55.9 Å². The predicted octanol–water partition coefficient (Wildman–Crippen LogP) is 5.84. The fraction of sp³-hybridized carbons (Fsp3) is 0.517. The average Bonchev–Trinajstić information content (AvgIpc) is 2.91. The molecule has 10 heteroatoms. The number of benzene rings is 2. The largest absolute Gasteiger partial charge is 0.352 e. The van der Waals surface area contributed by atoms with Crippen LogP contribution in [0.5, 0.6) is 0 Å². The van der Waals surface area contributed by atoms with E-state index >= 15 is 0 Å². The number of halogens is 2. The van der Waals surface area contributed by atoms with Crippen molar-refractivity contribution in [2.45, 2.75) is 76.8 Å². The van der Waals surface area contributed by atoms with Crippen LogP contribution in [0.25, 0.3) is 0 Å². The van der Waals surface area contributed by atoms with E-state index in [-0.39, 0.29) is 48.0 Å². The molecule has 214 valence electrons. The highest BCUT2D eigenvalue weighted by atomic mass is 35.5. The van der Waals surface area contributed by atoms with Crippen molar-refractivity contribution in [3.05, 3.63) is 64.1 Å². The molecule has 1 atom stereocenters. The van der Waals surface area contributed by atoms with Crippen LogP contribution in [0, 0.1) is 0 Å². The Hall–Kier alpha value is -2.29. The van der Waals surface area contributed by atoms with Gasteiger partial charge in [-0.3, -0.25) is 13.9 Å². The summed E-state index contributed by atoms with van der Waals surface area (Å²) in [5.74, 6) is -0.295. The Kier molecular flexibility index (Phi) is 11.9. The van der Waals surface area contributed by atoms with Crippen molar-refractivity contribution in [3.63, 3.8) is 0 Å². The van der Waals surface area contributed by atoms with Gasteiger partial charge in [0.05, 0.1) is 17.0 Å². The van der Waals surface area contributed by atoms with Gasteiger partial charge in [0.25, 0.3) is 0 Å². The summed E-state index contributed by atoms with van der Waals surface area (Å²) < 4.78 is 26.3. The van der Waals surface area contributed by atoms with Crippen LogP contribution in [0.3, 0.4) is 0 Å². The topological polar surface area (TPSA) is 86.8 Å². The lowest BCUT2D eigenvalue weighted by Crippen LogP contribution is -2.52. The van der Waals surface area contributed by atoms with Crippen LogP contribution < -0.4 is 9.62 Å². The highest BCUT2D eigenvalue weighted by Gasteiger charge is 2.30. The van der Waals surface area contributed by atoms with E-state index in [0.717, 1.165) is 37.5 Å². The number of amides is 2. The number of hydrogen-bond donors (Lipinski definition) is 1. The van der Waals surface area contributed by atoms with Crippen LogP contribution in [-0.2, 0) is 26.0 Å². The molecular formula is C29H39Cl2N3O4S. The smallest absolute Gasteiger partial charge is 0.243 e. The number of anilines is 1. The quantitative estimate of drug-likeness (QED) is 0.315. The molecule has 7 nitrogen and oxygen atoms in total. The summed E-state index contributed by atoms with van der Waals surface area (Å²) in [6.07, 6.45) is 7.89. The highest BCUT2D eigenvalue weighted by molar-refractivity contribution is 7.92. The van der Waals surface area contributed by atoms with E-state index in [9.17, 15) is 18.0 Å². The summed E-state index contributed by atoms with van der Waals surface area (Å²) in [6.45, 7) is 2.37. The molecule has 1 aliphatic rings. The molecule has 2 aromatic carbocycles. The zero-order chi connectivity index (χ0) is 28.4. The van der Waals surface area contributed by atoms with Crippen LogP contribution >= 0.6 is 23.2 Å². The molecule has 0 saturated heterocycles. The van der Waals surface area contributed by atoms with E-state index in [1.54, 1.807) is 17.0 Å². The maximum absolute atomic E-state index is 13.6. The minimum absolute atomic E-state index is 0.0578. The van der Waals surface area contributed by atoms with Gasteiger partial charge in [0.15, 0.2) is 0 Å². The Labute approximate surface area is 242 Å². The Morgan fingerprint density at radius 3 is 2.36 bits per heavy atom. The summed E-state index contributed by atoms with van der Waals surface area (Å²) in [6, 6.07) is 14.1. The molecule has 1 aliphatic carbocycles. The van der Waals surface area contributed by atoms with Gasteiger partial charge >= 0.3 is 0 Å². The third-order valence-corrected chi connectivity index (χ3v) is 8.89. The molecule has 2 aromatic rings. The van der Waals surface area contributed by atoms with Crippen molar-refractivity contribution >= 4 is 50.7 Å². The fourth-order valence-electron chi connectivity index (χ4n) is 5.10. The normalized spacial score (nSPS) is 15.0. The number of carbonyl (C=O) groups excluding carboxylic acids is 2. The molecule has 39 heavy (non-hydrogen) atoms. The molecule has 0 aliphatic heterocycles. The van der Waals surface area contributed by atoms with Crippen molar-refractivity contribution in [2.75, 3.05) is 23.7 Å². The third kappa shape index (κ3) is 9.40. The Morgan fingerprint density at radius 1 is 1.03 bits per heavy atom. The molecule has 0 spiro atoms. The van der Waals surface area contributed by atoms with Crippen molar-refractivity contribution in [2.24, 2.45) is 0 Å². The van der Waals surface area contributed by atoms with Crippen molar-refractivity contribution < 1.29 is 18.0 Å². The Morgan fingerprint density at radius 2 is 1.72 bits per heavy atom. The van der Waals surface area contributed by atoms with Gasteiger partial charge in [-0.2, -0.15) is 0 Å². The van der Waals surface area contributed by atoms with Gasteiger partial charge in [-0.15, -0.1) is 0 Å². The summed E-state index contributed by atoms with van der Waals surface area (Å²) >= 11 is 12.4. The van der Waals surface area contributed by atoms with Crippen molar-refractivity contribution in [1.82, 2.24) is 10.2 Å². The van der Waals surface area contributed by atoms with Crippen molar-refractivity contribution in [3.8, 4) is 0 Å². The van der Waals surface area contributed by atoms with Gasteiger partial charge in [-0.25, -0.2) is 8.42 Å². The number of carbonyl (C=O) groups is 2. The highest BCUT2D eigenvalue weighted by Crippen LogP contribution is 2.31. The molecule has 0 unspecified atom stereocenters. The molecule has 0 bridgehead atoms. The molecule has 0 heterocycles. The summed E-state index contributed by atoms with van der Waals surface area (Å²) in [4.78, 5) is 28.6. The molecule has 2 amide bonds. The second-order valence-corrected chi connectivity index (χ2v) is 12.9. The first-order valence-electron chi connectivity index (χ1n) is 13.7. The number of sulfonamides is 1. The lowest BCUT2D eigenvalue weighted by atomic mass is 9.95. The Bertz CT molecular complexity index is 1200. The van der Waals surface area contributed by atoms with Gasteiger partial charge in [0, 0.05) is 30.6 Å². The first-order valence-corrected chi connectivity index (χ1v) is 16.3. The molecule has 1 saturated carbocycles. The summed E-state index contributed by atoms with van der Waals surface area (Å²) in [5, 5.41) is 3.80. The summed E-state index contributed by atoms with van der Waals surface area (Å²) in [7, 11) is -3.67. The Balaban J connectivity index is 1.73. The second kappa shape index (κ2) is 14.9. The monoisotopic (exact) mass is 595 g/mol. The van der Waals surface area contributed by atoms with E-state index in [4.69, 9.17) is 23.2 Å².